The number of allylic oxidation sites excluding steroid dienone is 2. The van der Waals surface area contributed by atoms with E-state index in [1.54, 1.807) is 42.5 Å². The average Bonchev–Trinajstić information content (AvgIpc) is 2.91. The van der Waals surface area contributed by atoms with Gasteiger partial charge in [0.2, 0.25) is 0 Å². The first-order chi connectivity index (χ1) is 12.6. The Labute approximate surface area is 160 Å². The molecule has 2 aromatic carbocycles. The zero-order chi connectivity index (χ0) is 18.5. The molecule has 0 spiro atoms. The van der Waals surface area contributed by atoms with Crippen LogP contribution in [0.3, 0.4) is 0 Å². The Hall–Kier alpha value is -2.70. The lowest BCUT2D eigenvalue weighted by atomic mass is 10.1. The summed E-state index contributed by atoms with van der Waals surface area (Å²) in [6.07, 6.45) is 5.30. The molecule has 130 valence electrons. The minimum Gasteiger partial charge on any atom is -0.479 e. The molecule has 0 saturated carbocycles. The number of nitrogens with zero attached hydrogens (tertiary/aromatic N) is 1. The third-order valence-corrected chi connectivity index (χ3v) is 5.12. The van der Waals surface area contributed by atoms with Crippen LogP contribution in [0.1, 0.15) is 17.2 Å². The lowest BCUT2D eigenvalue weighted by Gasteiger charge is -2.23. The number of carboxylic acids is 1. The van der Waals surface area contributed by atoms with Crippen molar-refractivity contribution in [3.05, 3.63) is 88.8 Å². The van der Waals surface area contributed by atoms with E-state index in [-0.39, 0.29) is 4.32 Å². The van der Waals surface area contributed by atoms with Gasteiger partial charge in [-0.05, 0) is 17.2 Å². The van der Waals surface area contributed by atoms with Crippen LogP contribution in [0.2, 0.25) is 0 Å². The van der Waals surface area contributed by atoms with Gasteiger partial charge in [-0.1, -0.05) is 96.8 Å². The van der Waals surface area contributed by atoms with Gasteiger partial charge in [-0.3, -0.25) is 9.69 Å². The van der Waals surface area contributed by atoms with Gasteiger partial charge in [-0.2, -0.15) is 0 Å². The van der Waals surface area contributed by atoms with Gasteiger partial charge in [-0.25, -0.2) is 4.79 Å². The van der Waals surface area contributed by atoms with E-state index in [2.05, 4.69) is 0 Å². The number of amides is 1. The highest BCUT2D eigenvalue weighted by molar-refractivity contribution is 8.26. The number of thioether (sulfide) groups is 1. The molecular formula is C20H15NO3S2. The van der Waals surface area contributed by atoms with Crippen molar-refractivity contribution in [2.75, 3.05) is 0 Å². The predicted molar refractivity (Wildman–Crippen MR) is 107 cm³/mol. The lowest BCUT2D eigenvalue weighted by Crippen LogP contribution is -2.37. The van der Waals surface area contributed by atoms with E-state index in [0.29, 0.717) is 10.5 Å². The van der Waals surface area contributed by atoms with Crippen LogP contribution in [0.15, 0.2) is 77.7 Å². The number of benzene rings is 2. The number of hydrogen-bond acceptors (Lipinski definition) is 4. The second kappa shape index (κ2) is 8.12. The first kappa shape index (κ1) is 18.1. The summed E-state index contributed by atoms with van der Waals surface area (Å²) >= 11 is 6.39. The highest BCUT2D eigenvalue weighted by atomic mass is 32.2. The fourth-order valence-electron chi connectivity index (χ4n) is 2.56. The Morgan fingerprint density at radius 2 is 1.69 bits per heavy atom. The molecule has 0 bridgehead atoms. The van der Waals surface area contributed by atoms with Gasteiger partial charge in [-0.15, -0.1) is 0 Å². The summed E-state index contributed by atoms with van der Waals surface area (Å²) in [6, 6.07) is 17.2. The van der Waals surface area contributed by atoms with E-state index < -0.39 is 17.9 Å². The SMILES string of the molecule is O=C(O)[C@H](c1ccccc1)N1C(=O)/C(=C/C=C/c2ccccc2)SC1=S. The molecule has 1 saturated heterocycles. The summed E-state index contributed by atoms with van der Waals surface area (Å²) in [5.74, 6) is -1.51. The first-order valence-corrected chi connectivity index (χ1v) is 9.07. The number of carbonyl (C=O) groups is 2. The van der Waals surface area contributed by atoms with Crippen LogP contribution in [0.5, 0.6) is 0 Å². The summed E-state index contributed by atoms with van der Waals surface area (Å²) < 4.78 is 0.241. The molecule has 2 aromatic rings. The Morgan fingerprint density at radius 1 is 1.08 bits per heavy atom. The standard InChI is InChI=1S/C20H15NO3S2/c22-18-16(13-7-10-14-8-3-1-4-9-14)26-20(25)21(18)17(19(23)24)15-11-5-2-6-12-15/h1-13,17H,(H,23,24)/b10-7+,16-13-/t17-/m0/s1. The minimum absolute atomic E-state index is 0.241. The Balaban J connectivity index is 1.85. The van der Waals surface area contributed by atoms with Crippen molar-refractivity contribution in [3.63, 3.8) is 0 Å². The predicted octanol–water partition coefficient (Wildman–Crippen LogP) is 4.27. The Kier molecular flexibility index (Phi) is 5.65. The van der Waals surface area contributed by atoms with Crippen LogP contribution in [0.4, 0.5) is 0 Å². The molecule has 4 nitrogen and oxygen atoms in total. The topological polar surface area (TPSA) is 57.6 Å². The minimum atomic E-state index is -1.13. The Morgan fingerprint density at radius 3 is 2.31 bits per heavy atom. The van der Waals surface area contributed by atoms with Gasteiger partial charge in [0.1, 0.15) is 4.32 Å². The average molecular weight is 381 g/mol. The van der Waals surface area contributed by atoms with E-state index >= 15 is 0 Å². The fourth-order valence-corrected chi connectivity index (χ4v) is 3.83. The lowest BCUT2D eigenvalue weighted by molar-refractivity contribution is -0.145. The maximum Gasteiger partial charge on any atom is 0.331 e. The van der Waals surface area contributed by atoms with Crippen molar-refractivity contribution in [2.45, 2.75) is 6.04 Å². The molecule has 0 aliphatic carbocycles. The molecule has 1 fully saturated rings. The van der Waals surface area contributed by atoms with Crippen molar-refractivity contribution in [1.29, 1.82) is 0 Å². The van der Waals surface area contributed by atoms with Gasteiger partial charge < -0.3 is 5.11 Å². The zero-order valence-electron chi connectivity index (χ0n) is 13.6. The number of rotatable bonds is 5. The van der Waals surface area contributed by atoms with Crippen molar-refractivity contribution >= 4 is 46.3 Å². The third-order valence-electron chi connectivity index (χ3n) is 3.77. The molecule has 1 atom stereocenters. The van der Waals surface area contributed by atoms with Crippen LogP contribution < -0.4 is 0 Å². The second-order valence-electron chi connectivity index (χ2n) is 5.50. The van der Waals surface area contributed by atoms with Gasteiger partial charge in [0.05, 0.1) is 4.91 Å². The summed E-state index contributed by atoms with van der Waals surface area (Å²) in [5, 5.41) is 9.64. The fraction of sp³-hybridized carbons (Fsp3) is 0.0500. The Bertz CT molecular complexity index is 892. The number of aliphatic carboxylic acids is 1. The van der Waals surface area contributed by atoms with Crippen LogP contribution in [-0.4, -0.2) is 26.2 Å². The van der Waals surface area contributed by atoms with E-state index in [0.717, 1.165) is 17.3 Å². The first-order valence-electron chi connectivity index (χ1n) is 7.84. The molecule has 1 amide bonds. The summed E-state index contributed by atoms with van der Waals surface area (Å²) in [6.45, 7) is 0. The molecule has 1 N–H and O–H groups in total. The van der Waals surface area contributed by atoms with Crippen LogP contribution in [0, 0.1) is 0 Å². The largest absolute Gasteiger partial charge is 0.479 e. The van der Waals surface area contributed by atoms with Crippen molar-refractivity contribution in [3.8, 4) is 0 Å². The molecule has 0 unspecified atom stereocenters. The number of thiocarbonyl (C=S) groups is 1. The van der Waals surface area contributed by atoms with Gasteiger partial charge >= 0.3 is 5.97 Å². The van der Waals surface area contributed by atoms with Gasteiger partial charge in [0.25, 0.3) is 5.91 Å². The molecule has 0 aromatic heterocycles. The van der Waals surface area contributed by atoms with E-state index in [9.17, 15) is 14.7 Å². The van der Waals surface area contributed by atoms with E-state index in [1.807, 2.05) is 36.4 Å². The van der Waals surface area contributed by atoms with E-state index in [1.165, 1.54) is 4.90 Å². The monoisotopic (exact) mass is 381 g/mol. The highest BCUT2D eigenvalue weighted by Gasteiger charge is 2.41. The molecule has 1 aliphatic heterocycles. The van der Waals surface area contributed by atoms with Gasteiger partial charge in [0.15, 0.2) is 6.04 Å². The van der Waals surface area contributed by atoms with Crippen LogP contribution in [-0.2, 0) is 9.59 Å². The summed E-state index contributed by atoms with van der Waals surface area (Å²) in [5.41, 5.74) is 1.52. The second-order valence-corrected chi connectivity index (χ2v) is 7.17. The molecule has 0 radical (unpaired) electrons. The molecule has 26 heavy (non-hydrogen) atoms. The van der Waals surface area contributed by atoms with Crippen molar-refractivity contribution < 1.29 is 14.7 Å². The van der Waals surface area contributed by atoms with Crippen molar-refractivity contribution in [1.82, 2.24) is 4.90 Å². The number of carbonyl (C=O) groups excluding carboxylic acids is 1. The molecule has 6 heteroatoms. The van der Waals surface area contributed by atoms with Gasteiger partial charge in [0, 0.05) is 0 Å². The normalized spacial score (nSPS) is 17.2. The van der Waals surface area contributed by atoms with Crippen LogP contribution >= 0.6 is 24.0 Å². The quantitative estimate of drug-likeness (QED) is 0.619. The molecule has 1 heterocycles. The maximum absolute atomic E-state index is 12.7. The zero-order valence-corrected chi connectivity index (χ0v) is 15.2. The highest BCUT2D eigenvalue weighted by Crippen LogP contribution is 2.37. The third kappa shape index (κ3) is 3.92. The number of hydrogen-bond donors (Lipinski definition) is 1. The molecule has 1 aliphatic rings. The maximum atomic E-state index is 12.7. The van der Waals surface area contributed by atoms with Crippen molar-refractivity contribution in [2.24, 2.45) is 0 Å². The smallest absolute Gasteiger partial charge is 0.331 e. The summed E-state index contributed by atoms with van der Waals surface area (Å²) in [4.78, 5) is 26.1. The summed E-state index contributed by atoms with van der Waals surface area (Å²) in [7, 11) is 0. The molecule has 3 rings (SSSR count). The van der Waals surface area contributed by atoms with E-state index in [4.69, 9.17) is 12.2 Å². The molecular weight excluding hydrogens is 366 g/mol. The van der Waals surface area contributed by atoms with Crippen LogP contribution in [0.25, 0.3) is 6.08 Å². The number of carboxylic acid groups (broad SMARTS) is 1.